The van der Waals surface area contributed by atoms with Crippen LogP contribution >= 0.6 is 0 Å². The average Bonchev–Trinajstić information content (AvgIpc) is 2.19. The Morgan fingerprint density at radius 1 is 0.688 bits per heavy atom. The molecule has 0 aromatic rings. The first-order chi connectivity index (χ1) is 6.81. The van der Waals surface area contributed by atoms with Gasteiger partial charge in [0.25, 0.3) is 0 Å². The molecule has 0 heterocycles. The van der Waals surface area contributed by atoms with Gasteiger partial charge < -0.3 is 41.7 Å². The van der Waals surface area contributed by atoms with Gasteiger partial charge in [-0.05, 0) is 0 Å². The van der Waals surface area contributed by atoms with Crippen molar-refractivity contribution in [1.29, 1.82) is 0 Å². The van der Waals surface area contributed by atoms with E-state index in [2.05, 4.69) is 13.9 Å². The summed E-state index contributed by atoms with van der Waals surface area (Å²) < 4.78 is 63.4. The molecule has 0 radical (unpaired) electrons. The minimum Gasteiger partial charge on any atom is -0.478 e. The third-order valence-corrected chi connectivity index (χ3v) is 0.567. The Balaban J connectivity index is -0.0000000655. The first-order valence-corrected chi connectivity index (χ1v) is 5.97. The van der Waals surface area contributed by atoms with Gasteiger partial charge in [0.05, 0.1) is 0 Å². The second-order valence-corrected chi connectivity index (χ2v) is 2.94. The van der Waals surface area contributed by atoms with Gasteiger partial charge in [0.1, 0.15) is 0 Å². The summed E-state index contributed by atoms with van der Waals surface area (Å²) in [5.74, 6) is 0. The summed E-state index contributed by atoms with van der Waals surface area (Å²) in [6.45, 7) is 0. The van der Waals surface area contributed by atoms with E-state index in [4.69, 9.17) is 27.8 Å². The van der Waals surface area contributed by atoms with E-state index in [1.165, 1.54) is 0 Å². The van der Waals surface area contributed by atoms with Crippen molar-refractivity contribution >= 4 is 44.9 Å². The maximum Gasteiger partial charge on any atom is 3.00 e. The molecular weight excluding hydrogens is 312 g/mol. The number of hydrogen-bond donors (Lipinski definition) is 0. The molecule has 0 N–H and O–H groups in total. The molecule has 0 aromatic carbocycles. The van der Waals surface area contributed by atoms with Crippen LogP contribution in [0.1, 0.15) is 0 Å². The predicted molar refractivity (Wildman–Crippen MR) is 31.7 cm³/mol. The van der Waals surface area contributed by atoms with Crippen LogP contribution in [0.3, 0.4) is 0 Å². The third-order valence-electron chi connectivity index (χ3n) is 0.189. The normalized spacial score (nSPS) is 6.19. The van der Waals surface area contributed by atoms with Gasteiger partial charge in [-0.3, -0.25) is 0 Å². The summed E-state index contributed by atoms with van der Waals surface area (Å²) in [4.78, 5) is 26.5. The fourth-order valence-corrected chi connectivity index (χ4v) is 0. The van der Waals surface area contributed by atoms with Crippen LogP contribution in [-0.4, -0.2) is 44.9 Å². The zero-order valence-electron chi connectivity index (χ0n) is 6.89. The number of hydrogen-bond acceptors (Lipinski definition) is 9. The van der Waals surface area contributed by atoms with Gasteiger partial charge in [-0.25, -0.2) is 0 Å². The van der Waals surface area contributed by atoms with Gasteiger partial charge >= 0.3 is 44.9 Å². The van der Waals surface area contributed by atoms with E-state index in [-0.39, 0.29) is 17.4 Å². The van der Waals surface area contributed by atoms with Crippen LogP contribution in [-0.2, 0) is 27.3 Å². The molecular formula is AlF3O9Si3. The van der Waals surface area contributed by atoms with Gasteiger partial charge in [0.2, 0.25) is 0 Å². The maximum absolute atomic E-state index is 10.0. The van der Waals surface area contributed by atoms with Crippen molar-refractivity contribution in [2.24, 2.45) is 0 Å². The molecule has 0 saturated heterocycles. The van der Waals surface area contributed by atoms with Crippen LogP contribution in [0.5, 0.6) is 0 Å². The molecule has 0 aromatic heterocycles. The Labute approximate surface area is 101 Å². The van der Waals surface area contributed by atoms with Crippen molar-refractivity contribution < 1.29 is 55.2 Å². The number of rotatable bonds is 3. The SMILES string of the molecule is O=[Si]([O-])OF.O=[Si]([O-])OF.O=[Si]([O-])OF.[Al+3]. The van der Waals surface area contributed by atoms with E-state index < -0.39 is 27.5 Å². The average molecular weight is 312 g/mol. The van der Waals surface area contributed by atoms with Crippen molar-refractivity contribution in [3.05, 3.63) is 0 Å². The molecule has 0 amide bonds. The first kappa shape index (κ1) is 24.4. The fraction of sp³-hybridized carbons (Fsp3) is 0. The minimum absolute atomic E-state index is 0. The van der Waals surface area contributed by atoms with Gasteiger partial charge in [-0.15, -0.1) is 0 Å². The molecule has 0 saturated carbocycles. The summed E-state index contributed by atoms with van der Waals surface area (Å²) in [5, 5.41) is 0. The van der Waals surface area contributed by atoms with Crippen molar-refractivity contribution in [2.75, 3.05) is 0 Å². The van der Waals surface area contributed by atoms with Crippen molar-refractivity contribution in [2.45, 2.75) is 0 Å². The molecule has 9 nitrogen and oxygen atoms in total. The summed E-state index contributed by atoms with van der Waals surface area (Å²) in [6.07, 6.45) is 0. The molecule has 0 spiro atoms. The summed E-state index contributed by atoms with van der Waals surface area (Å²) in [5.41, 5.74) is 0. The van der Waals surface area contributed by atoms with Crippen molar-refractivity contribution in [3.63, 3.8) is 0 Å². The molecule has 0 rings (SSSR count). The van der Waals surface area contributed by atoms with Crippen molar-refractivity contribution in [3.8, 4) is 0 Å². The van der Waals surface area contributed by atoms with E-state index in [9.17, 15) is 13.6 Å². The van der Waals surface area contributed by atoms with Gasteiger partial charge in [0, 0.05) is 0 Å². The first-order valence-electron chi connectivity index (χ1n) is 2.30. The van der Waals surface area contributed by atoms with Crippen LogP contribution in [0.2, 0.25) is 0 Å². The minimum atomic E-state index is -3.54. The molecule has 16 heavy (non-hydrogen) atoms. The molecule has 0 bridgehead atoms. The molecule has 0 atom stereocenters. The topological polar surface area (TPSA) is 148 Å². The molecule has 0 fully saturated rings. The van der Waals surface area contributed by atoms with E-state index in [0.717, 1.165) is 0 Å². The van der Waals surface area contributed by atoms with E-state index in [1.807, 2.05) is 0 Å². The smallest absolute Gasteiger partial charge is 0.478 e. The van der Waals surface area contributed by atoms with Gasteiger partial charge in [-0.2, -0.15) is 0 Å². The monoisotopic (exact) mass is 312 g/mol. The molecule has 16 heteroatoms. The second-order valence-electron chi connectivity index (χ2n) is 0.981. The second kappa shape index (κ2) is 19.7. The van der Waals surface area contributed by atoms with Crippen LogP contribution in [0.25, 0.3) is 0 Å². The summed E-state index contributed by atoms with van der Waals surface area (Å²) in [6, 6.07) is 0. The standard InChI is InChI=1S/Al.3FO3Si/c;3*1-4-5(2)3/q+3;3*-1. The largest absolute Gasteiger partial charge is 3.00 e. The van der Waals surface area contributed by atoms with Crippen LogP contribution in [0.4, 0.5) is 13.6 Å². The molecule has 0 unspecified atom stereocenters. The Bertz CT molecular complexity index is 165. The Morgan fingerprint density at radius 3 is 0.750 bits per heavy atom. The Kier molecular flexibility index (Phi) is 30.1. The van der Waals surface area contributed by atoms with Crippen LogP contribution in [0.15, 0.2) is 0 Å². The molecule has 0 aliphatic heterocycles. The van der Waals surface area contributed by atoms with Crippen LogP contribution < -0.4 is 14.4 Å². The maximum atomic E-state index is 10.0. The molecule has 90 valence electrons. The zero-order chi connectivity index (χ0) is 12.9. The number of halogens is 3. The molecule has 0 aliphatic carbocycles. The fourth-order valence-electron chi connectivity index (χ4n) is 0. The van der Waals surface area contributed by atoms with Crippen LogP contribution in [0, 0.1) is 0 Å². The zero-order valence-corrected chi connectivity index (χ0v) is 11.0. The molecule has 0 aliphatic rings. The predicted octanol–water partition coefficient (Wildman–Crippen LogP) is -4.39. The van der Waals surface area contributed by atoms with Gasteiger partial charge in [0.15, 0.2) is 0 Å². The Hall–Kier alpha value is -0.827. The summed E-state index contributed by atoms with van der Waals surface area (Å²) in [7, 11) is -10.6. The third kappa shape index (κ3) is 72.9. The summed E-state index contributed by atoms with van der Waals surface area (Å²) >= 11 is 0. The van der Waals surface area contributed by atoms with Gasteiger partial charge in [-0.1, -0.05) is 13.6 Å². The van der Waals surface area contributed by atoms with E-state index in [1.54, 1.807) is 0 Å². The van der Waals surface area contributed by atoms with E-state index >= 15 is 0 Å². The van der Waals surface area contributed by atoms with Crippen molar-refractivity contribution in [1.82, 2.24) is 0 Å². The quantitative estimate of drug-likeness (QED) is 0.471. The van der Waals surface area contributed by atoms with E-state index in [0.29, 0.717) is 0 Å². The Morgan fingerprint density at radius 2 is 0.750 bits per heavy atom.